The monoisotopic (exact) mass is 372 g/mol. The number of aryl methyl sites for hydroxylation is 1. The van der Waals surface area contributed by atoms with Crippen LogP contribution in [0.3, 0.4) is 0 Å². The number of aromatic nitrogens is 5. The second kappa shape index (κ2) is 7.78. The van der Waals surface area contributed by atoms with Crippen LogP contribution in [-0.4, -0.2) is 48.9 Å². The Labute approximate surface area is 158 Å². The van der Waals surface area contributed by atoms with Crippen LogP contribution in [0.4, 0.5) is 0 Å². The van der Waals surface area contributed by atoms with Gasteiger partial charge in [-0.3, -0.25) is 9.59 Å². The van der Waals surface area contributed by atoms with E-state index in [4.69, 9.17) is 0 Å². The minimum absolute atomic E-state index is 0.253. The van der Waals surface area contributed by atoms with Gasteiger partial charge < -0.3 is 9.88 Å². The van der Waals surface area contributed by atoms with E-state index in [1.54, 1.807) is 11.6 Å². The molecule has 2 aromatic heterocycles. The number of rotatable bonds is 4. The van der Waals surface area contributed by atoms with Crippen molar-refractivity contribution in [1.29, 1.82) is 0 Å². The Hall–Kier alpha value is -2.25. The third kappa shape index (κ3) is 4.04. The summed E-state index contributed by atoms with van der Waals surface area (Å²) in [5, 5.41) is 8.12. The summed E-state index contributed by atoms with van der Waals surface area (Å²) >= 11 is 0. The fourth-order valence-corrected chi connectivity index (χ4v) is 4.55. The molecule has 1 saturated carbocycles. The van der Waals surface area contributed by atoms with Crippen LogP contribution in [0.1, 0.15) is 57.2 Å². The van der Waals surface area contributed by atoms with E-state index < -0.39 is 0 Å². The van der Waals surface area contributed by atoms with E-state index in [0.29, 0.717) is 42.2 Å². The number of likely N-dealkylation sites (tertiary alicyclic amines) is 1. The summed E-state index contributed by atoms with van der Waals surface area (Å²) in [7, 11) is 0. The highest BCUT2D eigenvalue weighted by molar-refractivity contribution is 5.76. The van der Waals surface area contributed by atoms with E-state index in [1.807, 2.05) is 4.90 Å². The number of nitrogens with zero attached hydrogens (tertiary/aromatic N) is 5. The summed E-state index contributed by atoms with van der Waals surface area (Å²) < 4.78 is 1.72. The molecule has 2 aromatic rings. The van der Waals surface area contributed by atoms with Crippen LogP contribution in [0.2, 0.25) is 0 Å². The van der Waals surface area contributed by atoms with E-state index in [0.717, 1.165) is 25.9 Å². The molecule has 1 N–H and O–H groups in total. The normalized spacial score (nSPS) is 21.7. The molecule has 1 saturated heterocycles. The van der Waals surface area contributed by atoms with Crippen molar-refractivity contribution in [3.05, 3.63) is 16.2 Å². The highest BCUT2D eigenvalue weighted by Gasteiger charge is 2.27. The fraction of sp³-hybridized carbons (Fsp3) is 0.737. The summed E-state index contributed by atoms with van der Waals surface area (Å²) in [6.45, 7) is 4.01. The molecule has 0 bridgehead atoms. The van der Waals surface area contributed by atoms with Gasteiger partial charge in [0.25, 0.3) is 5.56 Å². The standard InChI is InChI=1S/C19H28N6O2/c1-13-20-18-17(19(27)21-13)22-23-25(18)12-15-8-5-9-24(11-15)16(26)10-14-6-3-2-4-7-14/h14-15H,2-12H2,1H3,(H,20,21,27)/t15-/m1/s1. The molecule has 2 aliphatic rings. The molecule has 1 aliphatic carbocycles. The Kier molecular flexibility index (Phi) is 5.22. The zero-order valence-corrected chi connectivity index (χ0v) is 16.0. The molecule has 8 nitrogen and oxygen atoms in total. The van der Waals surface area contributed by atoms with Crippen molar-refractivity contribution in [2.75, 3.05) is 13.1 Å². The Morgan fingerprint density at radius 1 is 1.15 bits per heavy atom. The lowest BCUT2D eigenvalue weighted by Crippen LogP contribution is -2.42. The SMILES string of the molecule is Cc1nc2c(nnn2C[C@@H]2CCCN(C(=O)CC3CCCCC3)C2)c(=O)[nH]1. The van der Waals surface area contributed by atoms with Gasteiger partial charge in [0.2, 0.25) is 5.91 Å². The minimum Gasteiger partial charge on any atom is -0.342 e. The molecule has 0 radical (unpaired) electrons. The largest absolute Gasteiger partial charge is 0.342 e. The first-order chi connectivity index (χ1) is 13.1. The molecule has 1 amide bonds. The van der Waals surface area contributed by atoms with Gasteiger partial charge in [0, 0.05) is 26.1 Å². The maximum atomic E-state index is 12.7. The summed E-state index contributed by atoms with van der Waals surface area (Å²) in [5.41, 5.74) is 0.556. The molecular weight excluding hydrogens is 344 g/mol. The number of carbonyl (C=O) groups excluding carboxylic acids is 1. The van der Waals surface area contributed by atoms with Crippen molar-refractivity contribution in [1.82, 2.24) is 29.9 Å². The lowest BCUT2D eigenvalue weighted by Gasteiger charge is -2.34. The highest BCUT2D eigenvalue weighted by atomic mass is 16.2. The number of H-pyrrole nitrogens is 1. The predicted molar refractivity (Wildman–Crippen MR) is 101 cm³/mol. The topological polar surface area (TPSA) is 96.8 Å². The van der Waals surface area contributed by atoms with Crippen LogP contribution < -0.4 is 5.56 Å². The molecule has 8 heteroatoms. The Bertz CT molecular complexity index is 867. The number of carbonyl (C=O) groups is 1. The molecule has 1 aliphatic heterocycles. The predicted octanol–water partition coefficient (Wildman–Crippen LogP) is 2.03. The van der Waals surface area contributed by atoms with E-state index in [9.17, 15) is 9.59 Å². The first-order valence-corrected chi connectivity index (χ1v) is 10.2. The smallest absolute Gasteiger partial charge is 0.281 e. The molecule has 27 heavy (non-hydrogen) atoms. The van der Waals surface area contributed by atoms with Crippen molar-refractivity contribution in [3.8, 4) is 0 Å². The maximum absolute atomic E-state index is 12.7. The fourth-order valence-electron chi connectivity index (χ4n) is 4.55. The van der Waals surface area contributed by atoms with Crippen molar-refractivity contribution in [2.45, 2.75) is 64.8 Å². The summed E-state index contributed by atoms with van der Waals surface area (Å²) in [6, 6.07) is 0. The molecular formula is C19H28N6O2. The van der Waals surface area contributed by atoms with Crippen LogP contribution in [0.15, 0.2) is 4.79 Å². The average Bonchev–Trinajstić information content (AvgIpc) is 3.06. The van der Waals surface area contributed by atoms with Crippen molar-refractivity contribution >= 4 is 17.1 Å². The molecule has 3 heterocycles. The first-order valence-electron chi connectivity index (χ1n) is 10.2. The van der Waals surface area contributed by atoms with E-state index in [2.05, 4.69) is 20.3 Å². The van der Waals surface area contributed by atoms with Crippen LogP contribution in [0.5, 0.6) is 0 Å². The number of nitrogens with one attached hydrogen (secondary N) is 1. The molecule has 0 aromatic carbocycles. The van der Waals surface area contributed by atoms with Gasteiger partial charge in [0.1, 0.15) is 5.82 Å². The summed E-state index contributed by atoms with van der Waals surface area (Å²) in [4.78, 5) is 33.8. The van der Waals surface area contributed by atoms with Gasteiger partial charge in [0.05, 0.1) is 0 Å². The van der Waals surface area contributed by atoms with Crippen molar-refractivity contribution in [2.24, 2.45) is 11.8 Å². The Morgan fingerprint density at radius 2 is 1.93 bits per heavy atom. The molecule has 0 spiro atoms. The van der Waals surface area contributed by atoms with Crippen LogP contribution in [-0.2, 0) is 11.3 Å². The second-order valence-electron chi connectivity index (χ2n) is 8.15. The Morgan fingerprint density at radius 3 is 2.74 bits per heavy atom. The number of amides is 1. The van der Waals surface area contributed by atoms with Gasteiger partial charge in [0.15, 0.2) is 11.2 Å². The summed E-state index contributed by atoms with van der Waals surface area (Å²) in [5.74, 6) is 1.76. The summed E-state index contributed by atoms with van der Waals surface area (Å²) in [6.07, 6.45) is 9.03. The van der Waals surface area contributed by atoms with Crippen LogP contribution in [0.25, 0.3) is 11.2 Å². The third-order valence-electron chi connectivity index (χ3n) is 5.98. The quantitative estimate of drug-likeness (QED) is 0.886. The number of fused-ring (bicyclic) bond motifs is 1. The van der Waals surface area contributed by atoms with Crippen LogP contribution in [0, 0.1) is 18.8 Å². The molecule has 4 rings (SSSR count). The molecule has 2 fully saturated rings. The van der Waals surface area contributed by atoms with Crippen molar-refractivity contribution < 1.29 is 4.79 Å². The first kappa shape index (κ1) is 18.1. The van der Waals surface area contributed by atoms with Gasteiger partial charge in [-0.25, -0.2) is 9.67 Å². The number of aromatic amines is 1. The number of piperidine rings is 1. The average molecular weight is 372 g/mol. The van der Waals surface area contributed by atoms with E-state index in [-0.39, 0.29) is 11.1 Å². The second-order valence-corrected chi connectivity index (χ2v) is 8.15. The molecule has 1 atom stereocenters. The minimum atomic E-state index is -0.253. The molecule has 146 valence electrons. The van der Waals surface area contributed by atoms with Gasteiger partial charge in [-0.05, 0) is 44.4 Å². The lowest BCUT2D eigenvalue weighted by molar-refractivity contribution is -0.134. The van der Waals surface area contributed by atoms with E-state index in [1.165, 1.54) is 32.1 Å². The lowest BCUT2D eigenvalue weighted by atomic mass is 9.86. The highest BCUT2D eigenvalue weighted by Crippen LogP contribution is 2.28. The zero-order valence-electron chi connectivity index (χ0n) is 16.0. The third-order valence-corrected chi connectivity index (χ3v) is 5.98. The van der Waals surface area contributed by atoms with Gasteiger partial charge in [-0.15, -0.1) is 5.10 Å². The van der Waals surface area contributed by atoms with E-state index >= 15 is 0 Å². The zero-order chi connectivity index (χ0) is 18.8. The van der Waals surface area contributed by atoms with Gasteiger partial charge in [-0.2, -0.15) is 0 Å². The van der Waals surface area contributed by atoms with Crippen molar-refractivity contribution in [3.63, 3.8) is 0 Å². The number of hydrogen-bond acceptors (Lipinski definition) is 5. The Balaban J connectivity index is 1.41. The maximum Gasteiger partial charge on any atom is 0.281 e. The van der Waals surface area contributed by atoms with Crippen LogP contribution >= 0.6 is 0 Å². The number of hydrogen-bond donors (Lipinski definition) is 1. The van der Waals surface area contributed by atoms with Gasteiger partial charge >= 0.3 is 0 Å². The molecule has 0 unspecified atom stereocenters. The van der Waals surface area contributed by atoms with Gasteiger partial charge in [-0.1, -0.05) is 24.5 Å².